The lowest BCUT2D eigenvalue weighted by molar-refractivity contribution is 0.0973. The first kappa shape index (κ1) is 12.3. The van der Waals surface area contributed by atoms with Crippen molar-refractivity contribution in [1.29, 1.82) is 0 Å². The summed E-state index contributed by atoms with van der Waals surface area (Å²) in [6.45, 7) is 0. The highest BCUT2D eigenvalue weighted by Gasteiger charge is 2.35. The Hall–Kier alpha value is -2.69. The van der Waals surface area contributed by atoms with Crippen LogP contribution in [0.15, 0.2) is 30.6 Å². The van der Waals surface area contributed by atoms with Crippen molar-refractivity contribution in [3.8, 4) is 11.5 Å². The van der Waals surface area contributed by atoms with E-state index < -0.39 is 0 Å². The van der Waals surface area contributed by atoms with Gasteiger partial charge in [-0.15, -0.1) is 0 Å². The average Bonchev–Trinajstić information content (AvgIpc) is 2.51. The van der Waals surface area contributed by atoms with Gasteiger partial charge in [0.25, 0.3) is 0 Å². The number of carbonyl (C=O) groups is 2. The Morgan fingerprint density at radius 3 is 1.95 bits per heavy atom. The number of ketones is 2. The fourth-order valence-electron chi connectivity index (χ4n) is 2.40. The van der Waals surface area contributed by atoms with Gasteiger partial charge in [0.2, 0.25) is 0 Å². The Bertz CT molecular complexity index is 675. The third kappa shape index (κ3) is 1.53. The molecule has 1 aliphatic carbocycles. The average molecular weight is 269 g/mol. The third-order valence-electron chi connectivity index (χ3n) is 3.33. The topological polar surface area (TPSA) is 65.5 Å². The van der Waals surface area contributed by atoms with Crippen LogP contribution >= 0.6 is 0 Å². The first-order valence-electron chi connectivity index (χ1n) is 5.97. The Balaban J connectivity index is 2.37. The second kappa shape index (κ2) is 4.45. The molecule has 0 radical (unpaired) electrons. The van der Waals surface area contributed by atoms with E-state index in [1.807, 2.05) is 0 Å². The largest absolute Gasteiger partial charge is 0.496 e. The second-order valence-electron chi connectivity index (χ2n) is 4.30. The van der Waals surface area contributed by atoms with Gasteiger partial charge < -0.3 is 9.47 Å². The molecule has 0 N–H and O–H groups in total. The summed E-state index contributed by atoms with van der Waals surface area (Å²) in [6, 6.07) is 4.77. The molecule has 1 heterocycles. The first-order valence-corrected chi connectivity index (χ1v) is 5.97. The number of ether oxygens (including phenoxy) is 2. The van der Waals surface area contributed by atoms with Crippen molar-refractivity contribution in [1.82, 2.24) is 4.98 Å². The zero-order valence-electron chi connectivity index (χ0n) is 11.0. The molecule has 1 aliphatic rings. The highest BCUT2D eigenvalue weighted by Crippen LogP contribution is 2.37. The number of hydrogen-bond acceptors (Lipinski definition) is 5. The summed E-state index contributed by atoms with van der Waals surface area (Å²) in [7, 11) is 2.92. The molecular formula is C15H11NO4. The van der Waals surface area contributed by atoms with Crippen LogP contribution in [0, 0.1) is 0 Å². The Labute approximate surface area is 115 Å². The van der Waals surface area contributed by atoms with Crippen LogP contribution < -0.4 is 9.47 Å². The zero-order valence-corrected chi connectivity index (χ0v) is 11.0. The van der Waals surface area contributed by atoms with Crippen molar-refractivity contribution in [3.05, 3.63) is 52.8 Å². The maximum atomic E-state index is 12.6. The van der Waals surface area contributed by atoms with Crippen molar-refractivity contribution >= 4 is 11.6 Å². The van der Waals surface area contributed by atoms with Crippen LogP contribution in [0.3, 0.4) is 0 Å². The summed E-state index contributed by atoms with van der Waals surface area (Å²) in [6.07, 6.45) is 2.89. The van der Waals surface area contributed by atoms with E-state index in [0.29, 0.717) is 17.1 Å². The minimum absolute atomic E-state index is 0.234. The van der Waals surface area contributed by atoms with Crippen LogP contribution in [0.5, 0.6) is 11.5 Å². The molecule has 0 unspecified atom stereocenters. The normalized spacial score (nSPS) is 12.7. The summed E-state index contributed by atoms with van der Waals surface area (Å²) in [5.74, 6) is 0.182. The molecular weight excluding hydrogens is 258 g/mol. The van der Waals surface area contributed by atoms with Gasteiger partial charge in [-0.2, -0.15) is 0 Å². The van der Waals surface area contributed by atoms with E-state index in [9.17, 15) is 9.59 Å². The molecule has 0 saturated heterocycles. The molecule has 5 nitrogen and oxygen atoms in total. The number of rotatable bonds is 2. The van der Waals surface area contributed by atoms with Gasteiger partial charge in [-0.1, -0.05) is 0 Å². The van der Waals surface area contributed by atoms with Crippen molar-refractivity contribution in [2.75, 3.05) is 14.2 Å². The van der Waals surface area contributed by atoms with Gasteiger partial charge in [0.15, 0.2) is 11.6 Å². The number of methoxy groups -OCH3 is 2. The van der Waals surface area contributed by atoms with Crippen LogP contribution in [-0.2, 0) is 0 Å². The maximum absolute atomic E-state index is 12.6. The predicted octanol–water partition coefficient (Wildman–Crippen LogP) is 1.87. The number of hydrogen-bond donors (Lipinski definition) is 0. The molecule has 0 amide bonds. The van der Waals surface area contributed by atoms with E-state index in [0.717, 1.165) is 0 Å². The Morgan fingerprint density at radius 1 is 0.850 bits per heavy atom. The highest BCUT2D eigenvalue weighted by molar-refractivity contribution is 6.30. The summed E-state index contributed by atoms with van der Waals surface area (Å²) < 4.78 is 10.4. The zero-order chi connectivity index (χ0) is 14.3. The molecule has 100 valence electrons. The van der Waals surface area contributed by atoms with Crippen LogP contribution in [0.25, 0.3) is 0 Å². The molecule has 0 atom stereocenters. The quantitative estimate of drug-likeness (QED) is 0.710. The van der Waals surface area contributed by atoms with Gasteiger partial charge in [0.1, 0.15) is 11.5 Å². The van der Waals surface area contributed by atoms with Gasteiger partial charge in [-0.05, 0) is 18.2 Å². The van der Waals surface area contributed by atoms with E-state index in [2.05, 4.69) is 4.98 Å². The number of pyridine rings is 1. The van der Waals surface area contributed by atoms with E-state index in [1.54, 1.807) is 12.1 Å². The molecule has 0 bridgehead atoms. The van der Waals surface area contributed by atoms with Crippen molar-refractivity contribution in [2.45, 2.75) is 0 Å². The number of benzene rings is 1. The van der Waals surface area contributed by atoms with Gasteiger partial charge in [0, 0.05) is 18.0 Å². The molecule has 2 aromatic rings. The minimum Gasteiger partial charge on any atom is -0.496 e. The summed E-state index contributed by atoms with van der Waals surface area (Å²) in [5.41, 5.74) is 1.11. The molecule has 20 heavy (non-hydrogen) atoms. The van der Waals surface area contributed by atoms with E-state index >= 15 is 0 Å². The molecule has 0 saturated carbocycles. The standard InChI is InChI=1S/C15H11NO4/c1-19-10-3-4-11(20-2)13-12(10)14(17)8-5-6-16-7-9(8)15(13)18/h3-7H,1-2H3. The predicted molar refractivity (Wildman–Crippen MR) is 70.6 cm³/mol. The molecule has 0 fully saturated rings. The third-order valence-corrected chi connectivity index (χ3v) is 3.33. The Kier molecular flexibility index (Phi) is 2.75. The molecule has 0 aliphatic heterocycles. The second-order valence-corrected chi connectivity index (χ2v) is 4.30. The highest BCUT2D eigenvalue weighted by atomic mass is 16.5. The number of carbonyl (C=O) groups excluding carboxylic acids is 2. The van der Waals surface area contributed by atoms with Gasteiger partial charge in [-0.25, -0.2) is 0 Å². The van der Waals surface area contributed by atoms with Crippen LogP contribution in [0.4, 0.5) is 0 Å². The van der Waals surface area contributed by atoms with Gasteiger partial charge in [0.05, 0.1) is 30.9 Å². The molecule has 0 spiro atoms. The number of aromatic nitrogens is 1. The Morgan fingerprint density at radius 2 is 1.40 bits per heavy atom. The van der Waals surface area contributed by atoms with Gasteiger partial charge in [-0.3, -0.25) is 14.6 Å². The molecule has 3 rings (SSSR count). The number of nitrogens with zero attached hydrogens (tertiary/aromatic N) is 1. The SMILES string of the molecule is COc1ccc(OC)c2c1C(=O)c1ccncc1C2=O. The van der Waals surface area contributed by atoms with Crippen LogP contribution in [0.2, 0.25) is 0 Å². The van der Waals surface area contributed by atoms with Crippen molar-refractivity contribution in [2.24, 2.45) is 0 Å². The summed E-state index contributed by atoms with van der Waals surface area (Å²) >= 11 is 0. The van der Waals surface area contributed by atoms with E-state index in [-0.39, 0.29) is 28.3 Å². The lowest BCUT2D eigenvalue weighted by Gasteiger charge is -2.21. The lowest BCUT2D eigenvalue weighted by atomic mass is 9.84. The molecule has 1 aromatic carbocycles. The van der Waals surface area contributed by atoms with Crippen LogP contribution in [0.1, 0.15) is 31.8 Å². The molecule has 5 heteroatoms. The number of fused-ring (bicyclic) bond motifs is 2. The fourth-order valence-corrected chi connectivity index (χ4v) is 2.40. The summed E-state index contributed by atoms with van der Waals surface area (Å²) in [4.78, 5) is 29.1. The smallest absolute Gasteiger partial charge is 0.199 e. The van der Waals surface area contributed by atoms with Crippen molar-refractivity contribution in [3.63, 3.8) is 0 Å². The molecule has 1 aromatic heterocycles. The minimum atomic E-state index is -0.279. The van der Waals surface area contributed by atoms with Gasteiger partial charge >= 0.3 is 0 Å². The van der Waals surface area contributed by atoms with Crippen LogP contribution in [-0.4, -0.2) is 30.8 Å². The van der Waals surface area contributed by atoms with Crippen molar-refractivity contribution < 1.29 is 19.1 Å². The first-order chi connectivity index (χ1) is 9.69. The lowest BCUT2D eigenvalue weighted by Crippen LogP contribution is -2.22. The van der Waals surface area contributed by atoms with E-state index in [4.69, 9.17) is 9.47 Å². The summed E-state index contributed by atoms with van der Waals surface area (Å²) in [5, 5.41) is 0. The maximum Gasteiger partial charge on any atom is 0.199 e. The fraction of sp³-hybridized carbons (Fsp3) is 0.133. The van der Waals surface area contributed by atoms with E-state index in [1.165, 1.54) is 32.7 Å². The monoisotopic (exact) mass is 269 g/mol.